The number of nitrogens with zero attached hydrogens (tertiary/aromatic N) is 2. The summed E-state index contributed by atoms with van der Waals surface area (Å²) in [5, 5.41) is 12.0. The van der Waals surface area contributed by atoms with Crippen molar-refractivity contribution in [3.8, 4) is 0 Å². The summed E-state index contributed by atoms with van der Waals surface area (Å²) < 4.78 is 5.73. The number of carbonyl (C=O) groups is 1. The molecule has 0 saturated carbocycles. The average molecular weight is 315 g/mol. The van der Waals surface area contributed by atoms with Crippen molar-refractivity contribution in [2.75, 3.05) is 31.6 Å². The molecule has 1 fully saturated rings. The molecule has 2 amide bonds. The second-order valence-electron chi connectivity index (χ2n) is 5.54. The predicted molar refractivity (Wildman–Crippen MR) is 87.1 cm³/mol. The Hall–Kier alpha value is -2.38. The molecule has 1 saturated heterocycles. The number of rotatable bonds is 5. The molecule has 3 rings (SSSR count). The number of hydrogen-bond donors (Lipinski definition) is 3. The summed E-state index contributed by atoms with van der Waals surface area (Å²) in [6, 6.07) is 10.1. The number of anilines is 1. The molecule has 1 aromatic heterocycles. The molecule has 1 aromatic carbocycles. The number of morpholine rings is 1. The van der Waals surface area contributed by atoms with Gasteiger partial charge in [0.15, 0.2) is 0 Å². The summed E-state index contributed by atoms with van der Waals surface area (Å²) >= 11 is 0. The number of urea groups is 1. The van der Waals surface area contributed by atoms with Crippen LogP contribution in [0.25, 0.3) is 0 Å². The van der Waals surface area contributed by atoms with E-state index >= 15 is 0 Å². The van der Waals surface area contributed by atoms with Crippen molar-refractivity contribution in [1.29, 1.82) is 0 Å². The average Bonchev–Trinajstić information content (AvgIpc) is 3.07. The molecule has 1 aliphatic rings. The highest BCUT2D eigenvalue weighted by atomic mass is 16.5. The molecule has 2 heterocycles. The zero-order valence-electron chi connectivity index (χ0n) is 12.9. The lowest BCUT2D eigenvalue weighted by atomic mass is 10.2. The molecule has 0 unspecified atom stereocenters. The van der Waals surface area contributed by atoms with Crippen molar-refractivity contribution in [2.45, 2.75) is 12.6 Å². The highest BCUT2D eigenvalue weighted by molar-refractivity contribution is 5.88. The summed E-state index contributed by atoms with van der Waals surface area (Å²) in [7, 11) is 0. The monoisotopic (exact) mass is 315 g/mol. The molecule has 7 heteroatoms. The number of H-pyrrole nitrogens is 1. The van der Waals surface area contributed by atoms with Crippen molar-refractivity contribution >= 4 is 11.7 Å². The summed E-state index contributed by atoms with van der Waals surface area (Å²) in [6.07, 6.45) is 3.18. The SMILES string of the molecule is O=C(NC[C@@H]1CN(Cc2ccccc2)CCO1)Nc1cn[nH]c1. The van der Waals surface area contributed by atoms with E-state index in [1.807, 2.05) is 6.07 Å². The van der Waals surface area contributed by atoms with E-state index in [1.165, 1.54) is 5.56 Å². The molecule has 3 N–H and O–H groups in total. The van der Waals surface area contributed by atoms with Crippen molar-refractivity contribution < 1.29 is 9.53 Å². The molecule has 2 aromatic rings. The minimum Gasteiger partial charge on any atom is -0.374 e. The Labute approximate surface area is 135 Å². The molecule has 23 heavy (non-hydrogen) atoms. The van der Waals surface area contributed by atoms with Crippen LogP contribution in [0.5, 0.6) is 0 Å². The van der Waals surface area contributed by atoms with Crippen LogP contribution in [0.4, 0.5) is 10.5 Å². The zero-order chi connectivity index (χ0) is 15.9. The normalized spacial score (nSPS) is 18.5. The number of aromatic nitrogens is 2. The van der Waals surface area contributed by atoms with Crippen LogP contribution in [0, 0.1) is 0 Å². The topological polar surface area (TPSA) is 82.3 Å². The van der Waals surface area contributed by atoms with Gasteiger partial charge in [0.2, 0.25) is 0 Å². The smallest absolute Gasteiger partial charge is 0.319 e. The van der Waals surface area contributed by atoms with E-state index in [9.17, 15) is 4.79 Å². The third-order valence-electron chi connectivity index (χ3n) is 3.72. The van der Waals surface area contributed by atoms with Gasteiger partial charge >= 0.3 is 6.03 Å². The number of aromatic amines is 1. The quantitative estimate of drug-likeness (QED) is 0.779. The fourth-order valence-corrected chi connectivity index (χ4v) is 2.59. The van der Waals surface area contributed by atoms with Crippen LogP contribution in [-0.4, -0.2) is 53.5 Å². The third-order valence-corrected chi connectivity index (χ3v) is 3.72. The van der Waals surface area contributed by atoms with Gasteiger partial charge in [-0.3, -0.25) is 10.00 Å². The van der Waals surface area contributed by atoms with Crippen LogP contribution in [0.3, 0.4) is 0 Å². The van der Waals surface area contributed by atoms with Gasteiger partial charge in [0.05, 0.1) is 24.6 Å². The Morgan fingerprint density at radius 3 is 3.04 bits per heavy atom. The first-order chi connectivity index (χ1) is 11.3. The van der Waals surface area contributed by atoms with E-state index in [-0.39, 0.29) is 12.1 Å². The van der Waals surface area contributed by atoms with Gasteiger partial charge < -0.3 is 15.4 Å². The Bertz CT molecular complexity index is 602. The lowest BCUT2D eigenvalue weighted by molar-refractivity contribution is -0.0285. The van der Waals surface area contributed by atoms with Crippen molar-refractivity contribution in [2.24, 2.45) is 0 Å². The van der Waals surface area contributed by atoms with Crippen LogP contribution < -0.4 is 10.6 Å². The Balaban J connectivity index is 1.42. The standard InChI is InChI=1S/C16H21N5O2/c22-16(20-14-8-18-19-9-14)17-10-15-12-21(6-7-23-15)11-13-4-2-1-3-5-13/h1-5,8-9,15H,6-7,10-12H2,(H,18,19)(H2,17,20,22)/t15-/m1/s1. The number of hydrogen-bond acceptors (Lipinski definition) is 4. The molecule has 0 aliphatic carbocycles. The molecule has 0 spiro atoms. The minimum atomic E-state index is -0.254. The summed E-state index contributed by atoms with van der Waals surface area (Å²) in [4.78, 5) is 14.1. The Morgan fingerprint density at radius 2 is 2.26 bits per heavy atom. The van der Waals surface area contributed by atoms with Crippen LogP contribution in [0.15, 0.2) is 42.7 Å². The number of carbonyl (C=O) groups excluding carboxylic acids is 1. The van der Waals surface area contributed by atoms with E-state index < -0.39 is 0 Å². The number of nitrogens with one attached hydrogen (secondary N) is 3. The van der Waals surface area contributed by atoms with Crippen molar-refractivity contribution in [1.82, 2.24) is 20.4 Å². The third kappa shape index (κ3) is 4.80. The van der Waals surface area contributed by atoms with Crippen LogP contribution >= 0.6 is 0 Å². The number of benzene rings is 1. The van der Waals surface area contributed by atoms with E-state index in [0.717, 1.165) is 19.6 Å². The molecule has 0 bridgehead atoms. The maximum absolute atomic E-state index is 11.8. The first-order valence-corrected chi connectivity index (χ1v) is 7.71. The second kappa shape index (κ2) is 7.75. The molecular weight excluding hydrogens is 294 g/mol. The molecule has 1 atom stereocenters. The first-order valence-electron chi connectivity index (χ1n) is 7.71. The van der Waals surface area contributed by atoms with E-state index in [0.29, 0.717) is 18.8 Å². The Kier molecular flexibility index (Phi) is 5.23. The van der Waals surface area contributed by atoms with Crippen LogP contribution in [0.1, 0.15) is 5.56 Å². The maximum Gasteiger partial charge on any atom is 0.319 e. The fourth-order valence-electron chi connectivity index (χ4n) is 2.59. The molecule has 0 radical (unpaired) electrons. The highest BCUT2D eigenvalue weighted by Gasteiger charge is 2.21. The van der Waals surface area contributed by atoms with Gasteiger partial charge in [-0.2, -0.15) is 5.10 Å². The lowest BCUT2D eigenvalue weighted by Crippen LogP contribution is -2.47. The second-order valence-corrected chi connectivity index (χ2v) is 5.54. The van der Waals surface area contributed by atoms with E-state index in [4.69, 9.17) is 4.74 Å². The molecule has 122 valence electrons. The predicted octanol–water partition coefficient (Wildman–Crippen LogP) is 1.43. The zero-order valence-corrected chi connectivity index (χ0v) is 12.9. The van der Waals surface area contributed by atoms with Gasteiger partial charge in [0.25, 0.3) is 0 Å². The molecule has 7 nitrogen and oxygen atoms in total. The van der Waals surface area contributed by atoms with Gasteiger partial charge in [0, 0.05) is 32.4 Å². The number of ether oxygens (including phenoxy) is 1. The van der Waals surface area contributed by atoms with Crippen LogP contribution in [-0.2, 0) is 11.3 Å². The fraction of sp³-hybridized carbons (Fsp3) is 0.375. The van der Waals surface area contributed by atoms with Gasteiger partial charge in [-0.25, -0.2) is 4.79 Å². The Morgan fingerprint density at radius 1 is 1.39 bits per heavy atom. The van der Waals surface area contributed by atoms with Gasteiger partial charge in [-0.15, -0.1) is 0 Å². The summed E-state index contributed by atoms with van der Waals surface area (Å²) in [5.74, 6) is 0. The van der Waals surface area contributed by atoms with Crippen molar-refractivity contribution in [3.05, 3.63) is 48.3 Å². The van der Waals surface area contributed by atoms with E-state index in [1.54, 1.807) is 12.4 Å². The van der Waals surface area contributed by atoms with Gasteiger partial charge in [-0.05, 0) is 5.56 Å². The van der Waals surface area contributed by atoms with Gasteiger partial charge in [0.1, 0.15) is 0 Å². The minimum absolute atomic E-state index is 0.00237. The van der Waals surface area contributed by atoms with E-state index in [2.05, 4.69) is 50.0 Å². The molecule has 1 aliphatic heterocycles. The van der Waals surface area contributed by atoms with Crippen LogP contribution in [0.2, 0.25) is 0 Å². The largest absolute Gasteiger partial charge is 0.374 e. The first kappa shape index (κ1) is 15.5. The molecular formula is C16H21N5O2. The summed E-state index contributed by atoms with van der Waals surface area (Å²) in [5.41, 5.74) is 1.93. The number of amides is 2. The highest BCUT2D eigenvalue weighted by Crippen LogP contribution is 2.10. The maximum atomic E-state index is 11.8. The van der Waals surface area contributed by atoms with Crippen molar-refractivity contribution in [3.63, 3.8) is 0 Å². The van der Waals surface area contributed by atoms with Gasteiger partial charge in [-0.1, -0.05) is 30.3 Å². The lowest BCUT2D eigenvalue weighted by Gasteiger charge is -2.33. The summed E-state index contributed by atoms with van der Waals surface area (Å²) in [6.45, 7) is 3.78.